The molecule has 0 unspecified atom stereocenters. The van der Waals surface area contributed by atoms with Crippen LogP contribution in [0, 0.1) is 11.3 Å². The van der Waals surface area contributed by atoms with E-state index in [1.807, 2.05) is 6.07 Å². The van der Waals surface area contributed by atoms with E-state index >= 15 is 0 Å². The van der Waals surface area contributed by atoms with Gasteiger partial charge >= 0.3 is 0 Å². The Balaban J connectivity index is 2.02. The molecule has 1 aromatic carbocycles. The van der Waals surface area contributed by atoms with Gasteiger partial charge in [-0.1, -0.05) is 0 Å². The average Bonchev–Trinajstić information content (AvgIpc) is 2.86. The van der Waals surface area contributed by atoms with E-state index in [1.165, 1.54) is 30.5 Å². The maximum atomic E-state index is 11.9. The number of carbonyl (C=O) groups is 2. The molecular formula is C13H11N5O3. The molecule has 0 radical (unpaired) electrons. The van der Waals surface area contributed by atoms with Gasteiger partial charge in [-0.15, -0.1) is 0 Å². The number of carbonyl (C=O) groups excluding carboxylic acids is 2. The predicted molar refractivity (Wildman–Crippen MR) is 72.4 cm³/mol. The van der Waals surface area contributed by atoms with Gasteiger partial charge in [0.1, 0.15) is 23.2 Å². The second-order valence-corrected chi connectivity index (χ2v) is 4.04. The van der Waals surface area contributed by atoms with E-state index in [-0.39, 0.29) is 18.0 Å². The molecule has 0 fully saturated rings. The average molecular weight is 285 g/mol. The molecule has 21 heavy (non-hydrogen) atoms. The van der Waals surface area contributed by atoms with E-state index in [0.717, 1.165) is 4.68 Å². The first-order chi connectivity index (χ1) is 10.0. The lowest BCUT2D eigenvalue weighted by molar-refractivity contribution is 0.0823. The lowest BCUT2D eigenvalue weighted by Gasteiger charge is -2.06. The van der Waals surface area contributed by atoms with Crippen molar-refractivity contribution in [1.82, 2.24) is 9.78 Å². The minimum absolute atomic E-state index is 0.0322. The SMILES string of the molecule is N#Cc1cnn(C(=O)COc2ccc(C(N)=O)cc2)c1N. The van der Waals surface area contributed by atoms with Crippen LogP contribution in [0.15, 0.2) is 30.5 Å². The summed E-state index contributed by atoms with van der Waals surface area (Å²) in [6.07, 6.45) is 1.20. The summed E-state index contributed by atoms with van der Waals surface area (Å²) in [5.74, 6) is -0.714. The minimum atomic E-state index is -0.550. The number of rotatable bonds is 4. The van der Waals surface area contributed by atoms with Crippen molar-refractivity contribution in [3.8, 4) is 11.8 Å². The van der Waals surface area contributed by atoms with Gasteiger partial charge < -0.3 is 16.2 Å². The Morgan fingerprint density at radius 2 is 2.00 bits per heavy atom. The van der Waals surface area contributed by atoms with Gasteiger partial charge in [0, 0.05) is 5.56 Å². The van der Waals surface area contributed by atoms with Gasteiger partial charge in [0.2, 0.25) is 5.91 Å². The molecule has 1 heterocycles. The zero-order chi connectivity index (χ0) is 15.4. The van der Waals surface area contributed by atoms with Crippen LogP contribution in [0.2, 0.25) is 0 Å². The summed E-state index contributed by atoms with van der Waals surface area (Å²) in [5.41, 5.74) is 11.2. The first kappa shape index (κ1) is 14.1. The maximum absolute atomic E-state index is 11.9. The standard InChI is InChI=1S/C13H11N5O3/c14-5-9-6-17-18(12(9)15)11(19)7-21-10-3-1-8(2-4-10)13(16)20/h1-4,6H,7,15H2,(H2,16,20). The van der Waals surface area contributed by atoms with Crippen LogP contribution in [-0.4, -0.2) is 28.2 Å². The van der Waals surface area contributed by atoms with Gasteiger partial charge in [-0.05, 0) is 24.3 Å². The van der Waals surface area contributed by atoms with Crippen molar-refractivity contribution in [2.75, 3.05) is 12.3 Å². The fourth-order valence-corrected chi connectivity index (χ4v) is 1.56. The second-order valence-electron chi connectivity index (χ2n) is 4.04. The molecule has 0 saturated carbocycles. The largest absolute Gasteiger partial charge is 0.484 e. The number of anilines is 1. The second kappa shape index (κ2) is 5.75. The van der Waals surface area contributed by atoms with Crippen LogP contribution in [0.5, 0.6) is 5.75 Å². The summed E-state index contributed by atoms with van der Waals surface area (Å²) in [6.45, 7) is -0.313. The van der Waals surface area contributed by atoms with Crippen molar-refractivity contribution < 1.29 is 14.3 Å². The van der Waals surface area contributed by atoms with E-state index < -0.39 is 11.8 Å². The number of nitrogens with two attached hydrogens (primary N) is 2. The number of nitrogens with zero attached hydrogens (tertiary/aromatic N) is 3. The number of hydrogen-bond acceptors (Lipinski definition) is 6. The third-order valence-corrected chi connectivity index (χ3v) is 2.66. The number of nitrogen functional groups attached to an aromatic ring is 1. The summed E-state index contributed by atoms with van der Waals surface area (Å²) in [6, 6.07) is 7.81. The van der Waals surface area contributed by atoms with Crippen molar-refractivity contribution in [2.24, 2.45) is 5.73 Å². The highest BCUT2D eigenvalue weighted by molar-refractivity contribution is 5.92. The van der Waals surface area contributed by atoms with Crippen molar-refractivity contribution in [1.29, 1.82) is 5.26 Å². The van der Waals surface area contributed by atoms with Crippen molar-refractivity contribution in [3.63, 3.8) is 0 Å². The molecule has 4 N–H and O–H groups in total. The molecule has 0 atom stereocenters. The lowest BCUT2D eigenvalue weighted by Crippen LogP contribution is -2.22. The fourth-order valence-electron chi connectivity index (χ4n) is 1.56. The van der Waals surface area contributed by atoms with E-state index in [2.05, 4.69) is 5.10 Å². The summed E-state index contributed by atoms with van der Waals surface area (Å²) in [4.78, 5) is 22.8. The van der Waals surface area contributed by atoms with Crippen LogP contribution in [0.25, 0.3) is 0 Å². The molecule has 1 amide bonds. The molecule has 106 valence electrons. The summed E-state index contributed by atoms with van der Waals surface area (Å²) >= 11 is 0. The van der Waals surface area contributed by atoms with E-state index in [1.54, 1.807) is 0 Å². The zero-order valence-electron chi connectivity index (χ0n) is 10.8. The Labute approximate surface area is 119 Å². The number of amides is 1. The summed E-state index contributed by atoms with van der Waals surface area (Å²) in [7, 11) is 0. The molecule has 0 aliphatic rings. The van der Waals surface area contributed by atoms with Crippen LogP contribution in [0.4, 0.5) is 5.82 Å². The minimum Gasteiger partial charge on any atom is -0.484 e. The molecule has 0 aliphatic carbocycles. The van der Waals surface area contributed by atoms with Crippen molar-refractivity contribution >= 4 is 17.6 Å². The Kier molecular flexibility index (Phi) is 3.85. The molecule has 0 spiro atoms. The fraction of sp³-hybridized carbons (Fsp3) is 0.0769. The van der Waals surface area contributed by atoms with E-state index in [9.17, 15) is 9.59 Å². The van der Waals surface area contributed by atoms with Crippen LogP contribution in [0.3, 0.4) is 0 Å². The lowest BCUT2D eigenvalue weighted by atomic mass is 10.2. The third kappa shape index (κ3) is 2.98. The number of aromatic nitrogens is 2. The van der Waals surface area contributed by atoms with Gasteiger partial charge in [0.15, 0.2) is 6.61 Å². The molecule has 2 aromatic rings. The molecule has 2 rings (SSSR count). The molecule has 0 bridgehead atoms. The van der Waals surface area contributed by atoms with Crippen molar-refractivity contribution in [3.05, 3.63) is 41.6 Å². The molecule has 1 aromatic heterocycles. The highest BCUT2D eigenvalue weighted by Crippen LogP contribution is 2.13. The number of benzene rings is 1. The Hall–Kier alpha value is -3.34. The third-order valence-electron chi connectivity index (χ3n) is 2.66. The van der Waals surface area contributed by atoms with Gasteiger partial charge in [0.25, 0.3) is 5.91 Å². The first-order valence-corrected chi connectivity index (χ1v) is 5.82. The number of hydrogen-bond donors (Lipinski definition) is 2. The summed E-state index contributed by atoms with van der Waals surface area (Å²) < 4.78 is 6.15. The van der Waals surface area contributed by atoms with Crippen LogP contribution in [-0.2, 0) is 0 Å². The van der Waals surface area contributed by atoms with Crippen molar-refractivity contribution in [2.45, 2.75) is 0 Å². The molecule has 8 heteroatoms. The molecule has 0 aliphatic heterocycles. The zero-order valence-corrected chi connectivity index (χ0v) is 10.8. The topological polar surface area (TPSA) is 137 Å². The summed E-state index contributed by atoms with van der Waals surface area (Å²) in [5, 5.41) is 12.4. The Bertz CT molecular complexity index is 727. The number of ether oxygens (including phenoxy) is 1. The smallest absolute Gasteiger partial charge is 0.286 e. The van der Waals surface area contributed by atoms with Crippen LogP contribution < -0.4 is 16.2 Å². The first-order valence-electron chi connectivity index (χ1n) is 5.82. The van der Waals surface area contributed by atoms with Gasteiger partial charge in [-0.25, -0.2) is 0 Å². The Morgan fingerprint density at radius 3 is 2.52 bits per heavy atom. The van der Waals surface area contributed by atoms with Crippen LogP contribution >= 0.6 is 0 Å². The van der Waals surface area contributed by atoms with Crippen LogP contribution in [0.1, 0.15) is 20.7 Å². The van der Waals surface area contributed by atoms with E-state index in [0.29, 0.717) is 11.3 Å². The highest BCUT2D eigenvalue weighted by Gasteiger charge is 2.14. The molecule has 0 saturated heterocycles. The monoisotopic (exact) mass is 285 g/mol. The molecule has 8 nitrogen and oxygen atoms in total. The maximum Gasteiger partial charge on any atom is 0.286 e. The van der Waals surface area contributed by atoms with Gasteiger partial charge in [0.05, 0.1) is 6.20 Å². The predicted octanol–water partition coefficient (Wildman–Crippen LogP) is 0.155. The quantitative estimate of drug-likeness (QED) is 0.820. The Morgan fingerprint density at radius 1 is 1.33 bits per heavy atom. The highest BCUT2D eigenvalue weighted by atomic mass is 16.5. The van der Waals surface area contributed by atoms with Gasteiger partial charge in [-0.3, -0.25) is 9.59 Å². The number of primary amides is 1. The molecular weight excluding hydrogens is 274 g/mol. The number of nitriles is 1. The normalized spacial score (nSPS) is 9.86. The van der Waals surface area contributed by atoms with E-state index in [4.69, 9.17) is 21.5 Å². The van der Waals surface area contributed by atoms with Gasteiger partial charge in [-0.2, -0.15) is 15.0 Å².